The van der Waals surface area contributed by atoms with Gasteiger partial charge in [-0.1, -0.05) is 31.0 Å². The van der Waals surface area contributed by atoms with E-state index in [1.165, 1.54) is 44.1 Å². The Morgan fingerprint density at radius 2 is 1.85 bits per heavy atom. The van der Waals surface area contributed by atoms with Crippen LogP contribution in [0, 0.1) is 5.92 Å². The Balaban J connectivity index is 1.51. The summed E-state index contributed by atoms with van der Waals surface area (Å²) in [6.07, 6.45) is 8.25. The second kappa shape index (κ2) is 6.17. The molecule has 0 aliphatic heterocycles. The van der Waals surface area contributed by atoms with E-state index in [9.17, 15) is 0 Å². The highest BCUT2D eigenvalue weighted by atomic mass is 16.5. The van der Waals surface area contributed by atoms with E-state index in [1.807, 2.05) is 0 Å². The van der Waals surface area contributed by atoms with Crippen molar-refractivity contribution in [1.29, 1.82) is 0 Å². The van der Waals surface area contributed by atoms with Gasteiger partial charge in [0.1, 0.15) is 5.75 Å². The highest BCUT2D eigenvalue weighted by Gasteiger charge is 2.34. The Bertz CT molecular complexity index is 433. The molecule has 0 radical (unpaired) electrons. The molecule has 1 aromatic rings. The van der Waals surface area contributed by atoms with Crippen LogP contribution in [-0.4, -0.2) is 19.2 Å². The average molecular weight is 273 g/mol. The standard InChI is InChI=1S/C18H27NO/c1-13(14-7-3-4-8-14)19-16-11-15(12-16)17-9-5-6-10-18(17)20-2/h5-6,9-10,13-16,19H,3-4,7-8,11-12H2,1-2H3/t13-,15?,16?/m1/s1. The number of ether oxygens (including phenoxy) is 1. The van der Waals surface area contributed by atoms with Gasteiger partial charge in [-0.05, 0) is 56.1 Å². The van der Waals surface area contributed by atoms with Crippen molar-refractivity contribution < 1.29 is 4.74 Å². The van der Waals surface area contributed by atoms with Gasteiger partial charge in [0.25, 0.3) is 0 Å². The molecule has 2 saturated carbocycles. The Morgan fingerprint density at radius 1 is 1.15 bits per heavy atom. The zero-order valence-corrected chi connectivity index (χ0v) is 12.8. The van der Waals surface area contributed by atoms with Gasteiger partial charge in [0.05, 0.1) is 7.11 Å². The first kappa shape index (κ1) is 13.9. The second-order valence-corrected chi connectivity index (χ2v) is 6.61. The van der Waals surface area contributed by atoms with Crippen LogP contribution in [0.25, 0.3) is 0 Å². The molecular weight excluding hydrogens is 246 g/mol. The van der Waals surface area contributed by atoms with Crippen LogP contribution in [0.15, 0.2) is 24.3 Å². The van der Waals surface area contributed by atoms with Gasteiger partial charge >= 0.3 is 0 Å². The first-order valence-corrected chi connectivity index (χ1v) is 8.17. The van der Waals surface area contributed by atoms with E-state index < -0.39 is 0 Å². The third-order valence-electron chi connectivity index (χ3n) is 5.32. The number of hydrogen-bond acceptors (Lipinski definition) is 2. The van der Waals surface area contributed by atoms with Crippen molar-refractivity contribution in [2.24, 2.45) is 5.92 Å². The van der Waals surface area contributed by atoms with Gasteiger partial charge < -0.3 is 10.1 Å². The largest absolute Gasteiger partial charge is 0.496 e. The highest BCUT2D eigenvalue weighted by Crippen LogP contribution is 2.41. The number of rotatable bonds is 5. The molecule has 0 heterocycles. The predicted octanol–water partition coefficient (Wildman–Crippen LogP) is 4.11. The fourth-order valence-corrected chi connectivity index (χ4v) is 3.98. The van der Waals surface area contributed by atoms with Gasteiger partial charge in [0.15, 0.2) is 0 Å². The third kappa shape index (κ3) is 2.85. The molecule has 2 fully saturated rings. The molecular formula is C18H27NO. The van der Waals surface area contributed by atoms with Crippen LogP contribution in [0.4, 0.5) is 0 Å². The number of methoxy groups -OCH3 is 1. The quantitative estimate of drug-likeness (QED) is 0.871. The zero-order valence-electron chi connectivity index (χ0n) is 12.8. The maximum Gasteiger partial charge on any atom is 0.122 e. The fourth-order valence-electron chi connectivity index (χ4n) is 3.98. The summed E-state index contributed by atoms with van der Waals surface area (Å²) in [5.41, 5.74) is 1.39. The summed E-state index contributed by atoms with van der Waals surface area (Å²) >= 11 is 0. The highest BCUT2D eigenvalue weighted by molar-refractivity contribution is 5.37. The summed E-state index contributed by atoms with van der Waals surface area (Å²) < 4.78 is 5.48. The van der Waals surface area contributed by atoms with E-state index in [2.05, 4.69) is 36.5 Å². The molecule has 3 rings (SSSR count). The van der Waals surface area contributed by atoms with Crippen LogP contribution in [0.5, 0.6) is 5.75 Å². The minimum absolute atomic E-state index is 0.680. The monoisotopic (exact) mass is 273 g/mol. The van der Waals surface area contributed by atoms with Gasteiger partial charge in [0, 0.05) is 12.1 Å². The lowest BCUT2D eigenvalue weighted by Crippen LogP contribution is -2.46. The topological polar surface area (TPSA) is 21.3 Å². The van der Waals surface area contributed by atoms with Crippen LogP contribution in [-0.2, 0) is 0 Å². The molecule has 0 bridgehead atoms. The van der Waals surface area contributed by atoms with E-state index in [4.69, 9.17) is 4.74 Å². The van der Waals surface area contributed by atoms with Crippen LogP contribution in [0.1, 0.15) is 56.9 Å². The Morgan fingerprint density at radius 3 is 2.55 bits per heavy atom. The normalized spacial score (nSPS) is 28.1. The van der Waals surface area contributed by atoms with E-state index in [1.54, 1.807) is 7.11 Å². The maximum absolute atomic E-state index is 5.48. The maximum atomic E-state index is 5.48. The van der Waals surface area contributed by atoms with Crippen molar-refractivity contribution in [2.45, 2.75) is 63.5 Å². The summed E-state index contributed by atoms with van der Waals surface area (Å²) in [7, 11) is 1.77. The van der Waals surface area contributed by atoms with Crippen molar-refractivity contribution in [3.05, 3.63) is 29.8 Å². The van der Waals surface area contributed by atoms with Crippen LogP contribution < -0.4 is 10.1 Å². The van der Waals surface area contributed by atoms with Crippen LogP contribution in [0.3, 0.4) is 0 Å². The summed E-state index contributed by atoms with van der Waals surface area (Å²) in [6.45, 7) is 2.38. The molecule has 20 heavy (non-hydrogen) atoms. The summed E-state index contributed by atoms with van der Waals surface area (Å²) in [6, 6.07) is 9.89. The van der Waals surface area contributed by atoms with Crippen molar-refractivity contribution in [1.82, 2.24) is 5.32 Å². The molecule has 2 nitrogen and oxygen atoms in total. The summed E-state index contributed by atoms with van der Waals surface area (Å²) in [5, 5.41) is 3.85. The Kier molecular flexibility index (Phi) is 4.30. The third-order valence-corrected chi connectivity index (χ3v) is 5.32. The molecule has 0 unspecified atom stereocenters. The second-order valence-electron chi connectivity index (χ2n) is 6.61. The van der Waals surface area contributed by atoms with Crippen LogP contribution >= 0.6 is 0 Å². The zero-order chi connectivity index (χ0) is 13.9. The molecule has 1 N–H and O–H groups in total. The van der Waals surface area contributed by atoms with Gasteiger partial charge in [0.2, 0.25) is 0 Å². The van der Waals surface area contributed by atoms with Crippen molar-refractivity contribution in [2.75, 3.05) is 7.11 Å². The van der Waals surface area contributed by atoms with Crippen LogP contribution in [0.2, 0.25) is 0 Å². The fraction of sp³-hybridized carbons (Fsp3) is 0.667. The van der Waals surface area contributed by atoms with Gasteiger partial charge in [-0.25, -0.2) is 0 Å². The van der Waals surface area contributed by atoms with Gasteiger partial charge in [-0.15, -0.1) is 0 Å². The Hall–Kier alpha value is -1.02. The predicted molar refractivity (Wildman–Crippen MR) is 83.3 cm³/mol. The van der Waals surface area contributed by atoms with Crippen molar-refractivity contribution in [3.63, 3.8) is 0 Å². The van der Waals surface area contributed by atoms with E-state index in [-0.39, 0.29) is 0 Å². The molecule has 110 valence electrons. The first-order chi connectivity index (χ1) is 9.78. The number of hydrogen-bond donors (Lipinski definition) is 1. The molecule has 0 aromatic heterocycles. The molecule has 2 heteroatoms. The lowest BCUT2D eigenvalue weighted by molar-refractivity contribution is 0.235. The minimum atomic E-state index is 0.680. The number of nitrogens with one attached hydrogen (secondary N) is 1. The number of benzene rings is 1. The van der Waals surface area contributed by atoms with Crippen molar-refractivity contribution >= 4 is 0 Å². The first-order valence-electron chi connectivity index (χ1n) is 8.17. The lowest BCUT2D eigenvalue weighted by atomic mass is 9.75. The molecule has 0 saturated heterocycles. The molecule has 1 atom stereocenters. The molecule has 2 aliphatic rings. The average Bonchev–Trinajstić information content (AvgIpc) is 2.96. The molecule has 0 spiro atoms. The molecule has 1 aromatic carbocycles. The molecule has 2 aliphatic carbocycles. The summed E-state index contributed by atoms with van der Waals surface area (Å²) in [4.78, 5) is 0. The van der Waals surface area contributed by atoms with Crippen molar-refractivity contribution in [3.8, 4) is 5.75 Å². The molecule has 0 amide bonds. The van der Waals surface area contributed by atoms with E-state index in [0.29, 0.717) is 18.0 Å². The minimum Gasteiger partial charge on any atom is -0.496 e. The van der Waals surface area contributed by atoms with E-state index in [0.717, 1.165) is 11.7 Å². The smallest absolute Gasteiger partial charge is 0.122 e. The number of para-hydroxylation sites is 1. The van der Waals surface area contributed by atoms with Gasteiger partial charge in [-0.2, -0.15) is 0 Å². The van der Waals surface area contributed by atoms with Gasteiger partial charge in [-0.3, -0.25) is 0 Å². The summed E-state index contributed by atoms with van der Waals surface area (Å²) in [5.74, 6) is 2.65. The SMILES string of the molecule is COc1ccccc1C1CC(N[C@H](C)C2CCCC2)C1. The lowest BCUT2D eigenvalue weighted by Gasteiger charge is -2.39. The Labute approximate surface area is 122 Å². The van der Waals surface area contributed by atoms with E-state index >= 15 is 0 Å².